The summed E-state index contributed by atoms with van der Waals surface area (Å²) in [7, 11) is -1.66. The number of aliphatic hydroxyl groups excluding tert-OH is 1. The van der Waals surface area contributed by atoms with E-state index in [2.05, 4.69) is 4.72 Å². The van der Waals surface area contributed by atoms with E-state index in [4.69, 9.17) is 0 Å². The van der Waals surface area contributed by atoms with E-state index in [0.717, 1.165) is 0 Å². The van der Waals surface area contributed by atoms with Gasteiger partial charge in [0.1, 0.15) is 0 Å². The van der Waals surface area contributed by atoms with Gasteiger partial charge in [0.2, 0.25) is 10.0 Å². The van der Waals surface area contributed by atoms with Gasteiger partial charge in [-0.05, 0) is 18.9 Å². The summed E-state index contributed by atoms with van der Waals surface area (Å²) in [5.41, 5.74) is 0. The van der Waals surface area contributed by atoms with Crippen molar-refractivity contribution < 1.29 is 13.5 Å². The van der Waals surface area contributed by atoms with Gasteiger partial charge in [-0.15, -0.1) is 0 Å². The van der Waals surface area contributed by atoms with E-state index in [1.165, 1.54) is 0 Å². The highest BCUT2D eigenvalue weighted by atomic mass is 32.2. The van der Waals surface area contributed by atoms with E-state index in [1.807, 2.05) is 6.92 Å². The molecule has 0 spiro atoms. The molecule has 0 aliphatic rings. The topological polar surface area (TPSA) is 71.3 Å². The maximum absolute atomic E-state index is 11.7. The van der Waals surface area contributed by atoms with Gasteiger partial charge in [-0.3, -0.25) is 0 Å². The van der Waals surface area contributed by atoms with Gasteiger partial charge in [0.05, 0.1) is 11.0 Å². The number of rotatable bonds is 6. The summed E-state index contributed by atoms with van der Waals surface area (Å²) in [6.45, 7) is 2.11. The average Bonchev–Trinajstić information content (AvgIpc) is 2.65. The molecular formula is C10H18N2O3S. The average molecular weight is 246 g/mol. The molecule has 0 amide bonds. The van der Waals surface area contributed by atoms with Crippen molar-refractivity contribution in [3.8, 4) is 0 Å². The molecule has 0 aliphatic carbocycles. The minimum absolute atomic E-state index is 0.251. The highest BCUT2D eigenvalue weighted by Gasteiger charge is 2.14. The van der Waals surface area contributed by atoms with Crippen LogP contribution in [-0.4, -0.2) is 30.7 Å². The fourth-order valence-corrected chi connectivity index (χ4v) is 2.38. The Labute approximate surface area is 96.1 Å². The van der Waals surface area contributed by atoms with Crippen LogP contribution in [0.1, 0.15) is 19.8 Å². The lowest BCUT2D eigenvalue weighted by atomic mass is 10.2. The van der Waals surface area contributed by atoms with Gasteiger partial charge in [0, 0.05) is 26.0 Å². The maximum Gasteiger partial charge on any atom is 0.242 e. The van der Waals surface area contributed by atoms with E-state index in [0.29, 0.717) is 12.8 Å². The molecule has 1 aromatic rings. The van der Waals surface area contributed by atoms with Gasteiger partial charge in [0.15, 0.2) is 0 Å². The Hall–Kier alpha value is -0.850. The zero-order chi connectivity index (χ0) is 12.2. The molecule has 92 valence electrons. The molecule has 0 bridgehead atoms. The van der Waals surface area contributed by atoms with Crippen molar-refractivity contribution in [3.63, 3.8) is 0 Å². The molecule has 2 N–H and O–H groups in total. The Kier molecular flexibility index (Phi) is 4.52. The van der Waals surface area contributed by atoms with Crippen LogP contribution >= 0.6 is 0 Å². The number of nitrogens with zero attached hydrogens (tertiary/aromatic N) is 1. The molecule has 1 atom stereocenters. The molecule has 1 rings (SSSR count). The Morgan fingerprint density at radius 1 is 1.56 bits per heavy atom. The third kappa shape index (κ3) is 3.62. The summed E-state index contributed by atoms with van der Waals surface area (Å²) >= 11 is 0. The minimum Gasteiger partial charge on any atom is -0.393 e. The van der Waals surface area contributed by atoms with Crippen molar-refractivity contribution in [3.05, 3.63) is 18.5 Å². The van der Waals surface area contributed by atoms with Gasteiger partial charge in [0.25, 0.3) is 0 Å². The molecule has 0 radical (unpaired) electrons. The van der Waals surface area contributed by atoms with E-state index in [9.17, 15) is 13.5 Å². The van der Waals surface area contributed by atoms with E-state index in [1.54, 1.807) is 30.1 Å². The highest BCUT2D eigenvalue weighted by molar-refractivity contribution is 7.89. The number of nitrogens with one attached hydrogen (secondary N) is 1. The van der Waals surface area contributed by atoms with Gasteiger partial charge in [-0.2, -0.15) is 0 Å². The summed E-state index contributed by atoms with van der Waals surface area (Å²) < 4.78 is 27.5. The first-order valence-electron chi connectivity index (χ1n) is 5.25. The van der Waals surface area contributed by atoms with Crippen molar-refractivity contribution in [2.45, 2.75) is 30.8 Å². The monoisotopic (exact) mass is 246 g/mol. The van der Waals surface area contributed by atoms with Crippen molar-refractivity contribution in [2.24, 2.45) is 7.05 Å². The molecule has 0 aromatic carbocycles. The largest absolute Gasteiger partial charge is 0.393 e. The quantitative estimate of drug-likeness (QED) is 0.766. The second-order valence-corrected chi connectivity index (χ2v) is 5.53. The fraction of sp³-hybridized carbons (Fsp3) is 0.600. The van der Waals surface area contributed by atoms with Crippen molar-refractivity contribution in [1.29, 1.82) is 0 Å². The third-order valence-corrected chi connectivity index (χ3v) is 3.80. The van der Waals surface area contributed by atoms with Crippen LogP contribution in [-0.2, 0) is 17.1 Å². The van der Waals surface area contributed by atoms with Crippen LogP contribution in [0.25, 0.3) is 0 Å². The second-order valence-electron chi connectivity index (χ2n) is 3.76. The Balaban J connectivity index is 2.53. The zero-order valence-corrected chi connectivity index (χ0v) is 10.4. The number of hydrogen-bond acceptors (Lipinski definition) is 3. The van der Waals surface area contributed by atoms with Crippen LogP contribution in [0.4, 0.5) is 0 Å². The third-order valence-electron chi connectivity index (χ3n) is 2.36. The van der Waals surface area contributed by atoms with Crippen molar-refractivity contribution >= 4 is 10.0 Å². The predicted octanol–water partition coefficient (Wildman–Crippen LogP) is 0.464. The lowest BCUT2D eigenvalue weighted by molar-refractivity contribution is 0.162. The standard InChI is InChI=1S/C10H18N2O3S/c1-3-9(13)4-6-11-16(14,15)10-5-7-12(2)8-10/h5,7-9,11,13H,3-4,6H2,1-2H3. The first kappa shape index (κ1) is 13.2. The molecular weight excluding hydrogens is 228 g/mol. The molecule has 1 unspecified atom stereocenters. The molecule has 6 heteroatoms. The van der Waals surface area contributed by atoms with Crippen LogP contribution in [0.2, 0.25) is 0 Å². The molecule has 0 aliphatic heterocycles. The smallest absolute Gasteiger partial charge is 0.242 e. The van der Waals surface area contributed by atoms with E-state index in [-0.39, 0.29) is 11.4 Å². The Morgan fingerprint density at radius 2 is 2.25 bits per heavy atom. The lowest BCUT2D eigenvalue weighted by Crippen LogP contribution is -2.27. The van der Waals surface area contributed by atoms with Gasteiger partial charge < -0.3 is 9.67 Å². The summed E-state index contributed by atoms with van der Waals surface area (Å²) in [6.07, 6.45) is 3.84. The number of aliphatic hydroxyl groups is 1. The van der Waals surface area contributed by atoms with Crippen molar-refractivity contribution in [1.82, 2.24) is 9.29 Å². The lowest BCUT2D eigenvalue weighted by Gasteiger charge is -2.08. The number of sulfonamides is 1. The summed E-state index contributed by atoms with van der Waals surface area (Å²) in [5.74, 6) is 0. The van der Waals surface area contributed by atoms with Crippen LogP contribution in [0.5, 0.6) is 0 Å². The second kappa shape index (κ2) is 5.47. The van der Waals surface area contributed by atoms with E-state index < -0.39 is 16.1 Å². The minimum atomic E-state index is -3.43. The number of aryl methyl sites for hydroxylation is 1. The SMILES string of the molecule is CCC(O)CCNS(=O)(=O)c1ccn(C)c1. The fourth-order valence-electron chi connectivity index (χ4n) is 1.28. The summed E-state index contributed by atoms with van der Waals surface area (Å²) in [6, 6.07) is 1.54. The molecule has 5 nitrogen and oxygen atoms in total. The van der Waals surface area contributed by atoms with Crippen LogP contribution in [0.3, 0.4) is 0 Å². The zero-order valence-electron chi connectivity index (χ0n) is 9.55. The Bertz CT molecular complexity index is 425. The number of hydrogen-bond donors (Lipinski definition) is 2. The molecule has 0 saturated carbocycles. The highest BCUT2D eigenvalue weighted by Crippen LogP contribution is 2.08. The summed E-state index contributed by atoms with van der Waals surface area (Å²) in [4.78, 5) is 0.251. The maximum atomic E-state index is 11.7. The molecule has 16 heavy (non-hydrogen) atoms. The molecule has 1 heterocycles. The molecule has 0 saturated heterocycles. The van der Waals surface area contributed by atoms with Crippen molar-refractivity contribution in [2.75, 3.05) is 6.54 Å². The van der Waals surface area contributed by atoms with Crippen LogP contribution in [0.15, 0.2) is 23.4 Å². The van der Waals surface area contributed by atoms with Gasteiger partial charge in [-0.1, -0.05) is 6.92 Å². The first-order chi connectivity index (χ1) is 7.45. The van der Waals surface area contributed by atoms with Gasteiger partial charge >= 0.3 is 0 Å². The van der Waals surface area contributed by atoms with Crippen LogP contribution < -0.4 is 4.72 Å². The molecule has 1 aromatic heterocycles. The Morgan fingerprint density at radius 3 is 2.75 bits per heavy atom. The van der Waals surface area contributed by atoms with Gasteiger partial charge in [-0.25, -0.2) is 13.1 Å². The normalized spacial score (nSPS) is 13.9. The number of aromatic nitrogens is 1. The molecule has 0 fully saturated rings. The van der Waals surface area contributed by atoms with E-state index >= 15 is 0 Å². The predicted molar refractivity (Wildman–Crippen MR) is 61.5 cm³/mol. The van der Waals surface area contributed by atoms with Crippen LogP contribution in [0, 0.1) is 0 Å². The summed E-state index contributed by atoms with van der Waals surface area (Å²) in [5, 5.41) is 9.29. The first-order valence-corrected chi connectivity index (χ1v) is 6.73.